The summed E-state index contributed by atoms with van der Waals surface area (Å²) in [6.45, 7) is 3.81. The highest BCUT2D eigenvalue weighted by Gasteiger charge is 2.17. The predicted molar refractivity (Wildman–Crippen MR) is 77.3 cm³/mol. The second kappa shape index (κ2) is 6.80. The number of ether oxygens (including phenoxy) is 3. The van der Waals surface area contributed by atoms with Crippen LogP contribution in [-0.2, 0) is 9.47 Å². The number of carbonyl (C=O) groups excluding carboxylic acids is 2. The van der Waals surface area contributed by atoms with Gasteiger partial charge in [0.1, 0.15) is 11.3 Å². The third kappa shape index (κ3) is 3.46. The molecule has 0 unspecified atom stereocenters. The van der Waals surface area contributed by atoms with E-state index in [0.29, 0.717) is 0 Å². The van der Waals surface area contributed by atoms with Crippen LogP contribution in [-0.4, -0.2) is 25.7 Å². The van der Waals surface area contributed by atoms with Crippen LogP contribution in [0.2, 0.25) is 0 Å². The van der Waals surface area contributed by atoms with E-state index in [1.165, 1.54) is 19.2 Å². The minimum atomic E-state index is -0.574. The van der Waals surface area contributed by atoms with Crippen molar-refractivity contribution in [2.75, 3.05) is 13.7 Å². The fourth-order valence-corrected chi connectivity index (χ4v) is 1.79. The van der Waals surface area contributed by atoms with E-state index in [2.05, 4.69) is 0 Å². The largest absolute Gasteiger partial charge is 0.465 e. The van der Waals surface area contributed by atoms with Crippen molar-refractivity contribution in [2.24, 2.45) is 0 Å². The van der Waals surface area contributed by atoms with Crippen molar-refractivity contribution < 1.29 is 28.2 Å². The molecule has 0 radical (unpaired) electrons. The molecule has 2 rings (SSSR count). The lowest BCUT2D eigenvalue weighted by Gasteiger charge is -2.08. The van der Waals surface area contributed by atoms with E-state index in [9.17, 15) is 9.59 Å². The Labute approximate surface area is 127 Å². The van der Waals surface area contributed by atoms with Crippen LogP contribution in [0.1, 0.15) is 33.4 Å². The van der Waals surface area contributed by atoms with Crippen LogP contribution in [0.3, 0.4) is 0 Å². The average molecular weight is 304 g/mol. The number of carbonyl (C=O) groups is 2. The highest BCUT2D eigenvalue weighted by molar-refractivity contribution is 5.92. The Hall–Kier alpha value is -2.76. The summed E-state index contributed by atoms with van der Waals surface area (Å²) >= 11 is 0. The first-order chi connectivity index (χ1) is 10.5. The molecule has 2 aromatic rings. The van der Waals surface area contributed by atoms with Crippen LogP contribution in [0.25, 0.3) is 0 Å². The molecule has 0 bridgehead atoms. The molecular formula is C16H16O6. The smallest absolute Gasteiger partial charge is 0.374 e. The van der Waals surface area contributed by atoms with Crippen LogP contribution < -0.4 is 4.74 Å². The van der Waals surface area contributed by atoms with E-state index < -0.39 is 11.9 Å². The molecule has 1 heterocycles. The zero-order chi connectivity index (χ0) is 16.1. The number of furan rings is 1. The Morgan fingerprint density at radius 3 is 2.59 bits per heavy atom. The summed E-state index contributed by atoms with van der Waals surface area (Å²) in [5.74, 6) is -0.693. The molecule has 0 N–H and O–H groups in total. The molecule has 116 valence electrons. The third-order valence-electron chi connectivity index (χ3n) is 2.81. The number of aryl methyl sites for hydroxylation is 1. The number of rotatable bonds is 5. The van der Waals surface area contributed by atoms with E-state index >= 15 is 0 Å². The molecule has 6 heteroatoms. The van der Waals surface area contributed by atoms with Gasteiger partial charge in [-0.15, -0.1) is 0 Å². The molecule has 0 atom stereocenters. The van der Waals surface area contributed by atoms with Crippen molar-refractivity contribution in [2.45, 2.75) is 13.8 Å². The number of hydrogen-bond acceptors (Lipinski definition) is 6. The fourth-order valence-electron chi connectivity index (χ4n) is 1.79. The van der Waals surface area contributed by atoms with Crippen molar-refractivity contribution in [1.29, 1.82) is 0 Å². The molecule has 0 saturated heterocycles. The first-order valence-corrected chi connectivity index (χ1v) is 6.69. The Bertz CT molecular complexity index is 686. The molecule has 0 aliphatic carbocycles. The Morgan fingerprint density at radius 2 is 1.91 bits per heavy atom. The maximum atomic E-state index is 11.7. The SMILES string of the molecule is CCOC(=O)c1ccc(Oc2cc(C)ccc2C(=O)OC)o1. The van der Waals surface area contributed by atoms with Gasteiger partial charge in [-0.3, -0.25) is 0 Å². The van der Waals surface area contributed by atoms with Crippen molar-refractivity contribution in [1.82, 2.24) is 0 Å². The van der Waals surface area contributed by atoms with Gasteiger partial charge in [0.15, 0.2) is 0 Å². The van der Waals surface area contributed by atoms with Crippen molar-refractivity contribution in [3.63, 3.8) is 0 Å². The number of benzene rings is 1. The summed E-state index contributed by atoms with van der Waals surface area (Å²) < 4.78 is 20.3. The maximum Gasteiger partial charge on any atom is 0.374 e. The topological polar surface area (TPSA) is 75.0 Å². The van der Waals surface area contributed by atoms with E-state index in [1.807, 2.05) is 6.92 Å². The van der Waals surface area contributed by atoms with Crippen LogP contribution >= 0.6 is 0 Å². The van der Waals surface area contributed by atoms with Gasteiger partial charge >= 0.3 is 11.9 Å². The lowest BCUT2D eigenvalue weighted by molar-refractivity contribution is 0.0483. The summed E-state index contributed by atoms with van der Waals surface area (Å²) in [4.78, 5) is 23.3. The molecule has 1 aromatic carbocycles. The van der Waals surface area contributed by atoms with Gasteiger partial charge in [0, 0.05) is 6.07 Å². The first-order valence-electron chi connectivity index (χ1n) is 6.69. The summed E-state index contributed by atoms with van der Waals surface area (Å²) in [5.41, 5.74) is 1.17. The molecular weight excluding hydrogens is 288 g/mol. The molecule has 0 amide bonds. The lowest BCUT2D eigenvalue weighted by atomic mass is 10.1. The van der Waals surface area contributed by atoms with Gasteiger partial charge in [-0.2, -0.15) is 0 Å². The fraction of sp³-hybridized carbons (Fsp3) is 0.250. The number of methoxy groups -OCH3 is 1. The summed E-state index contributed by atoms with van der Waals surface area (Å²) in [7, 11) is 1.29. The zero-order valence-corrected chi connectivity index (χ0v) is 12.5. The molecule has 1 aromatic heterocycles. The van der Waals surface area contributed by atoms with Gasteiger partial charge in [0.25, 0.3) is 5.95 Å². The molecule has 0 spiro atoms. The number of esters is 2. The Morgan fingerprint density at radius 1 is 1.14 bits per heavy atom. The van der Waals surface area contributed by atoms with Crippen molar-refractivity contribution >= 4 is 11.9 Å². The van der Waals surface area contributed by atoms with Gasteiger partial charge in [0.2, 0.25) is 5.76 Å². The monoisotopic (exact) mass is 304 g/mol. The van der Waals surface area contributed by atoms with Crippen LogP contribution in [0.5, 0.6) is 11.7 Å². The van der Waals surface area contributed by atoms with E-state index in [0.717, 1.165) is 5.56 Å². The van der Waals surface area contributed by atoms with Crippen molar-refractivity contribution in [3.8, 4) is 11.7 Å². The van der Waals surface area contributed by atoms with Gasteiger partial charge in [-0.1, -0.05) is 6.07 Å². The molecule has 6 nitrogen and oxygen atoms in total. The predicted octanol–water partition coefficient (Wildman–Crippen LogP) is 3.34. The maximum absolute atomic E-state index is 11.7. The van der Waals surface area contributed by atoms with Crippen LogP contribution in [0, 0.1) is 6.92 Å². The second-order valence-electron chi connectivity index (χ2n) is 4.43. The zero-order valence-electron chi connectivity index (χ0n) is 12.5. The standard InChI is InChI=1S/C16H16O6/c1-4-20-16(18)12-7-8-14(21-12)22-13-9-10(2)5-6-11(13)15(17)19-3/h5-9H,4H2,1-3H3. The van der Waals surface area contributed by atoms with Gasteiger partial charge in [-0.25, -0.2) is 9.59 Å². The molecule has 0 aliphatic heterocycles. The van der Waals surface area contributed by atoms with E-state index in [1.54, 1.807) is 25.1 Å². The van der Waals surface area contributed by atoms with E-state index in [4.69, 9.17) is 18.6 Å². The van der Waals surface area contributed by atoms with Gasteiger partial charge in [-0.05, 0) is 37.6 Å². The summed E-state index contributed by atoms with van der Waals surface area (Å²) in [6.07, 6.45) is 0. The second-order valence-corrected chi connectivity index (χ2v) is 4.43. The summed E-state index contributed by atoms with van der Waals surface area (Å²) in [5, 5.41) is 0. The summed E-state index contributed by atoms with van der Waals surface area (Å²) in [6, 6.07) is 7.98. The minimum Gasteiger partial charge on any atom is -0.465 e. The average Bonchev–Trinajstić information content (AvgIpc) is 2.95. The van der Waals surface area contributed by atoms with E-state index in [-0.39, 0.29) is 29.6 Å². The lowest BCUT2D eigenvalue weighted by Crippen LogP contribution is -2.04. The normalized spacial score (nSPS) is 10.1. The minimum absolute atomic E-state index is 0.0316. The van der Waals surface area contributed by atoms with Gasteiger partial charge < -0.3 is 18.6 Å². The Balaban J connectivity index is 2.25. The molecule has 0 aliphatic rings. The highest BCUT2D eigenvalue weighted by Crippen LogP contribution is 2.28. The molecule has 0 fully saturated rings. The molecule has 0 saturated carbocycles. The quantitative estimate of drug-likeness (QED) is 0.789. The first kappa shape index (κ1) is 15.6. The van der Waals surface area contributed by atoms with Crippen LogP contribution in [0.15, 0.2) is 34.7 Å². The number of hydrogen-bond donors (Lipinski definition) is 0. The van der Waals surface area contributed by atoms with Crippen LogP contribution in [0.4, 0.5) is 0 Å². The van der Waals surface area contributed by atoms with Gasteiger partial charge in [0.05, 0.1) is 13.7 Å². The Kier molecular flexibility index (Phi) is 4.83. The third-order valence-corrected chi connectivity index (χ3v) is 2.81. The molecule has 22 heavy (non-hydrogen) atoms. The van der Waals surface area contributed by atoms with Crippen molar-refractivity contribution in [3.05, 3.63) is 47.2 Å². The highest BCUT2D eigenvalue weighted by atomic mass is 16.6.